The Kier molecular flexibility index (Phi) is 6.47. The Bertz CT molecular complexity index is 911. The van der Waals surface area contributed by atoms with Gasteiger partial charge in [0.1, 0.15) is 0 Å². The molecular weight excluding hydrogens is 376 g/mol. The van der Waals surface area contributed by atoms with Crippen molar-refractivity contribution in [2.24, 2.45) is 0 Å². The summed E-state index contributed by atoms with van der Waals surface area (Å²) in [5.74, 6) is -0.0114. The second-order valence-electron chi connectivity index (χ2n) is 6.26. The Morgan fingerprint density at radius 2 is 1.89 bits per heavy atom. The number of hydrogen-bond acceptors (Lipinski definition) is 6. The van der Waals surface area contributed by atoms with Crippen LogP contribution in [0.4, 0.5) is 10.8 Å². The lowest BCUT2D eigenvalue weighted by Gasteiger charge is -2.10. The minimum absolute atomic E-state index is 0.0114. The summed E-state index contributed by atoms with van der Waals surface area (Å²) < 4.78 is 0.767. The van der Waals surface area contributed by atoms with Crippen molar-refractivity contribution >= 4 is 39.8 Å². The predicted octanol–water partition coefficient (Wildman–Crippen LogP) is 4.70. The van der Waals surface area contributed by atoms with Gasteiger partial charge in [0.2, 0.25) is 11.0 Å². The second kappa shape index (κ2) is 9.01. The second-order valence-corrected chi connectivity index (χ2v) is 8.83. The number of nitrogens with zero attached hydrogens (tertiary/aromatic N) is 2. The number of anilines is 2. The van der Waals surface area contributed by atoms with Gasteiger partial charge in [-0.05, 0) is 49.6 Å². The van der Waals surface area contributed by atoms with Gasteiger partial charge in [-0.1, -0.05) is 59.5 Å². The molecule has 0 spiro atoms. The molecule has 2 aromatic carbocycles. The Morgan fingerprint density at radius 3 is 2.63 bits per heavy atom. The Balaban J connectivity index is 1.53. The molecule has 0 aliphatic heterocycles. The molecule has 27 heavy (non-hydrogen) atoms. The van der Waals surface area contributed by atoms with Crippen LogP contribution < -0.4 is 10.6 Å². The molecule has 0 aliphatic rings. The lowest BCUT2D eigenvalue weighted by atomic mass is 10.1. The fourth-order valence-electron chi connectivity index (χ4n) is 2.38. The summed E-state index contributed by atoms with van der Waals surface area (Å²) in [5.41, 5.74) is 4.55. The first kappa shape index (κ1) is 19.4. The lowest BCUT2D eigenvalue weighted by Crippen LogP contribution is -2.30. The summed E-state index contributed by atoms with van der Waals surface area (Å²) in [6.07, 6.45) is 0. The molecular formula is C20H22N4OS2. The largest absolute Gasteiger partial charge is 0.351 e. The maximum atomic E-state index is 12.3. The highest BCUT2D eigenvalue weighted by molar-refractivity contribution is 8.02. The number of nitrogens with one attached hydrogen (secondary N) is 2. The SMILES string of the molecule is Cc1ccc(Nc2nnc(S[C@H](C)C(=O)NCc3ccccc3)s2)cc1C. The molecule has 0 saturated heterocycles. The number of aryl methyl sites for hydroxylation is 2. The number of carbonyl (C=O) groups is 1. The molecule has 0 radical (unpaired) electrons. The molecule has 1 heterocycles. The number of aromatic nitrogens is 2. The zero-order valence-corrected chi connectivity index (χ0v) is 17.2. The number of thioether (sulfide) groups is 1. The summed E-state index contributed by atoms with van der Waals surface area (Å²) in [5, 5.41) is 15.1. The van der Waals surface area contributed by atoms with E-state index in [-0.39, 0.29) is 11.2 Å². The standard InChI is InChI=1S/C20H22N4OS2/c1-13-9-10-17(11-14(13)2)22-19-23-24-20(27-19)26-15(3)18(25)21-12-16-7-5-4-6-8-16/h4-11,15H,12H2,1-3H3,(H,21,25)(H,22,23)/t15-/m1/s1. The van der Waals surface area contributed by atoms with E-state index in [0.717, 1.165) is 20.7 Å². The molecule has 3 rings (SSSR count). The van der Waals surface area contributed by atoms with Crippen molar-refractivity contribution in [3.05, 3.63) is 65.2 Å². The van der Waals surface area contributed by atoms with E-state index in [1.54, 1.807) is 0 Å². The molecule has 140 valence electrons. The molecule has 1 amide bonds. The minimum Gasteiger partial charge on any atom is -0.351 e. The van der Waals surface area contributed by atoms with Crippen molar-refractivity contribution in [3.63, 3.8) is 0 Å². The predicted molar refractivity (Wildman–Crippen MR) is 113 cm³/mol. The van der Waals surface area contributed by atoms with Gasteiger partial charge in [0.05, 0.1) is 5.25 Å². The molecule has 0 fully saturated rings. The van der Waals surface area contributed by atoms with Crippen LogP contribution in [-0.4, -0.2) is 21.4 Å². The molecule has 3 aromatic rings. The molecule has 1 aromatic heterocycles. The quantitative estimate of drug-likeness (QED) is 0.565. The van der Waals surface area contributed by atoms with Crippen LogP contribution >= 0.6 is 23.1 Å². The van der Waals surface area contributed by atoms with Crippen molar-refractivity contribution in [1.29, 1.82) is 0 Å². The van der Waals surface area contributed by atoms with Gasteiger partial charge < -0.3 is 10.6 Å². The minimum atomic E-state index is -0.240. The van der Waals surface area contributed by atoms with Crippen LogP contribution in [0.15, 0.2) is 52.9 Å². The number of rotatable bonds is 7. The van der Waals surface area contributed by atoms with Crippen LogP contribution in [0.2, 0.25) is 0 Å². The van der Waals surface area contributed by atoms with Crippen molar-refractivity contribution in [2.75, 3.05) is 5.32 Å². The average Bonchev–Trinajstić information content (AvgIpc) is 3.10. The Morgan fingerprint density at radius 1 is 1.11 bits per heavy atom. The van der Waals surface area contributed by atoms with Crippen LogP contribution in [0.5, 0.6) is 0 Å². The summed E-state index contributed by atoms with van der Waals surface area (Å²) >= 11 is 2.86. The highest BCUT2D eigenvalue weighted by Crippen LogP contribution is 2.30. The van der Waals surface area contributed by atoms with E-state index in [2.05, 4.69) is 46.8 Å². The molecule has 0 unspecified atom stereocenters. The topological polar surface area (TPSA) is 66.9 Å². The summed E-state index contributed by atoms with van der Waals surface area (Å²) in [6.45, 7) is 6.57. The average molecular weight is 399 g/mol. The third-order valence-electron chi connectivity index (χ3n) is 4.12. The van der Waals surface area contributed by atoms with E-state index in [4.69, 9.17) is 0 Å². The van der Waals surface area contributed by atoms with Gasteiger partial charge in [-0.2, -0.15) is 0 Å². The first-order valence-electron chi connectivity index (χ1n) is 8.67. The molecule has 0 bridgehead atoms. The molecule has 1 atom stereocenters. The number of benzene rings is 2. The van der Waals surface area contributed by atoms with Crippen molar-refractivity contribution in [2.45, 2.75) is 36.9 Å². The van der Waals surface area contributed by atoms with Crippen molar-refractivity contribution in [1.82, 2.24) is 15.5 Å². The Hall–Kier alpha value is -2.38. The first-order valence-corrected chi connectivity index (χ1v) is 10.4. The van der Waals surface area contributed by atoms with E-state index >= 15 is 0 Å². The zero-order valence-electron chi connectivity index (χ0n) is 15.5. The van der Waals surface area contributed by atoms with E-state index in [1.165, 1.54) is 34.2 Å². The van der Waals surface area contributed by atoms with Crippen LogP contribution in [0.1, 0.15) is 23.6 Å². The smallest absolute Gasteiger partial charge is 0.233 e. The fourth-order valence-corrected chi connectivity index (χ4v) is 4.32. The number of carbonyl (C=O) groups excluding carboxylic acids is 1. The number of hydrogen-bond donors (Lipinski definition) is 2. The van der Waals surface area contributed by atoms with E-state index in [9.17, 15) is 4.79 Å². The lowest BCUT2D eigenvalue weighted by molar-refractivity contribution is -0.120. The molecule has 2 N–H and O–H groups in total. The summed E-state index contributed by atoms with van der Waals surface area (Å²) in [6, 6.07) is 16.1. The van der Waals surface area contributed by atoms with Crippen LogP contribution in [0.25, 0.3) is 0 Å². The van der Waals surface area contributed by atoms with E-state index in [0.29, 0.717) is 6.54 Å². The van der Waals surface area contributed by atoms with E-state index < -0.39 is 0 Å². The van der Waals surface area contributed by atoms with Gasteiger partial charge in [-0.3, -0.25) is 4.79 Å². The Labute approximate surface area is 167 Å². The van der Waals surface area contributed by atoms with Gasteiger partial charge in [0, 0.05) is 12.2 Å². The molecule has 7 heteroatoms. The summed E-state index contributed by atoms with van der Waals surface area (Å²) in [4.78, 5) is 12.3. The molecule has 0 saturated carbocycles. The summed E-state index contributed by atoms with van der Waals surface area (Å²) in [7, 11) is 0. The monoisotopic (exact) mass is 398 g/mol. The zero-order chi connectivity index (χ0) is 19.2. The molecule has 0 aliphatic carbocycles. The highest BCUT2D eigenvalue weighted by Gasteiger charge is 2.17. The molecule has 5 nitrogen and oxygen atoms in total. The van der Waals surface area contributed by atoms with Gasteiger partial charge in [0.15, 0.2) is 4.34 Å². The third-order valence-corrected chi connectivity index (χ3v) is 6.14. The third kappa shape index (κ3) is 5.55. The van der Waals surface area contributed by atoms with E-state index in [1.807, 2.05) is 43.3 Å². The van der Waals surface area contributed by atoms with Crippen molar-refractivity contribution < 1.29 is 4.79 Å². The maximum Gasteiger partial charge on any atom is 0.233 e. The van der Waals surface area contributed by atoms with Gasteiger partial charge in [0.25, 0.3) is 0 Å². The van der Waals surface area contributed by atoms with Crippen molar-refractivity contribution in [3.8, 4) is 0 Å². The van der Waals surface area contributed by atoms with Crippen LogP contribution in [0, 0.1) is 13.8 Å². The van der Waals surface area contributed by atoms with Gasteiger partial charge in [-0.25, -0.2) is 0 Å². The number of amides is 1. The fraction of sp³-hybridized carbons (Fsp3) is 0.250. The normalized spacial score (nSPS) is 11.8. The van der Waals surface area contributed by atoms with Gasteiger partial charge >= 0.3 is 0 Å². The highest BCUT2D eigenvalue weighted by atomic mass is 32.2. The van der Waals surface area contributed by atoms with Crippen LogP contribution in [0.3, 0.4) is 0 Å². The maximum absolute atomic E-state index is 12.3. The van der Waals surface area contributed by atoms with Gasteiger partial charge in [-0.15, -0.1) is 10.2 Å². The van der Waals surface area contributed by atoms with Crippen LogP contribution in [-0.2, 0) is 11.3 Å². The first-order chi connectivity index (χ1) is 13.0.